The van der Waals surface area contributed by atoms with Crippen LogP contribution in [-0.2, 0) is 12.7 Å². The van der Waals surface area contributed by atoms with Crippen molar-refractivity contribution >= 4 is 5.91 Å². The Morgan fingerprint density at radius 2 is 1.83 bits per heavy atom. The minimum absolute atomic E-state index is 0.00929. The molecule has 2 aromatic heterocycles. The van der Waals surface area contributed by atoms with Gasteiger partial charge in [0.25, 0.3) is 5.91 Å². The van der Waals surface area contributed by atoms with Gasteiger partial charge in [0.05, 0.1) is 11.3 Å². The van der Waals surface area contributed by atoms with Crippen LogP contribution >= 0.6 is 0 Å². The van der Waals surface area contributed by atoms with E-state index < -0.39 is 34.6 Å². The molecule has 0 aliphatic rings. The molecule has 7 nitrogen and oxygen atoms in total. The van der Waals surface area contributed by atoms with E-state index in [9.17, 15) is 27.2 Å². The smallest absolute Gasteiger partial charge is 0.416 e. The number of aryl methyl sites for hydroxylation is 1. The van der Waals surface area contributed by atoms with Crippen molar-refractivity contribution in [3.8, 4) is 17.3 Å². The summed E-state index contributed by atoms with van der Waals surface area (Å²) in [4.78, 5) is 29.1. The number of hydrogen-bond donors (Lipinski definition) is 1. The Balaban J connectivity index is 1.48. The first-order valence-corrected chi connectivity index (χ1v) is 10.6. The van der Waals surface area contributed by atoms with E-state index >= 15 is 0 Å². The topological polar surface area (TPSA) is 86.1 Å². The van der Waals surface area contributed by atoms with Crippen molar-refractivity contribution in [3.63, 3.8) is 0 Å². The molecule has 0 aliphatic heterocycles. The SMILES string of the molecule is Cc1cc(=O)c(C(=O)NCc2ccc(Oc3cccc(F)c3)nc2)nn1-c1cccc(C(F)(F)F)c1. The molecule has 0 saturated carbocycles. The molecule has 2 heterocycles. The average Bonchev–Trinajstić information content (AvgIpc) is 2.83. The number of halogens is 4. The Kier molecular flexibility index (Phi) is 6.82. The zero-order valence-electron chi connectivity index (χ0n) is 18.7. The van der Waals surface area contributed by atoms with E-state index in [0.29, 0.717) is 5.56 Å². The number of hydrogen-bond acceptors (Lipinski definition) is 5. The number of aromatic nitrogens is 3. The highest BCUT2D eigenvalue weighted by atomic mass is 19.4. The molecule has 0 spiro atoms. The Bertz CT molecular complexity index is 1470. The number of benzene rings is 2. The van der Waals surface area contributed by atoms with Gasteiger partial charge in [-0.2, -0.15) is 18.3 Å². The van der Waals surface area contributed by atoms with E-state index in [1.54, 1.807) is 12.1 Å². The Labute approximate surface area is 202 Å². The molecule has 184 valence electrons. The largest absolute Gasteiger partial charge is 0.439 e. The zero-order valence-corrected chi connectivity index (χ0v) is 18.7. The van der Waals surface area contributed by atoms with E-state index in [2.05, 4.69) is 15.4 Å². The van der Waals surface area contributed by atoms with Crippen LogP contribution in [0.1, 0.15) is 27.3 Å². The molecule has 0 radical (unpaired) electrons. The van der Waals surface area contributed by atoms with Crippen molar-refractivity contribution in [2.45, 2.75) is 19.6 Å². The van der Waals surface area contributed by atoms with Crippen LogP contribution < -0.4 is 15.5 Å². The number of alkyl halides is 3. The Morgan fingerprint density at radius 1 is 1.06 bits per heavy atom. The summed E-state index contributed by atoms with van der Waals surface area (Å²) in [6, 6.07) is 14.2. The van der Waals surface area contributed by atoms with Gasteiger partial charge in [0, 0.05) is 36.6 Å². The minimum Gasteiger partial charge on any atom is -0.439 e. The number of nitrogens with zero attached hydrogens (tertiary/aromatic N) is 3. The highest BCUT2D eigenvalue weighted by Gasteiger charge is 2.30. The number of nitrogens with one attached hydrogen (secondary N) is 1. The molecule has 4 rings (SSSR count). The van der Waals surface area contributed by atoms with Crippen LogP contribution in [0.5, 0.6) is 11.6 Å². The summed E-state index contributed by atoms with van der Waals surface area (Å²) < 4.78 is 59.1. The van der Waals surface area contributed by atoms with Crippen LogP contribution in [0, 0.1) is 12.7 Å². The van der Waals surface area contributed by atoms with Gasteiger partial charge in [-0.05, 0) is 42.8 Å². The van der Waals surface area contributed by atoms with Gasteiger partial charge in [-0.25, -0.2) is 14.1 Å². The van der Waals surface area contributed by atoms with E-state index in [-0.39, 0.29) is 29.6 Å². The molecule has 2 aromatic carbocycles. The van der Waals surface area contributed by atoms with Crippen molar-refractivity contribution in [2.75, 3.05) is 0 Å². The third kappa shape index (κ3) is 5.74. The van der Waals surface area contributed by atoms with Crippen LogP contribution in [0.3, 0.4) is 0 Å². The molecule has 0 bridgehead atoms. The average molecular weight is 498 g/mol. The van der Waals surface area contributed by atoms with Crippen LogP contribution in [0.4, 0.5) is 17.6 Å². The number of carbonyl (C=O) groups excluding carboxylic acids is 1. The molecule has 0 fully saturated rings. The van der Waals surface area contributed by atoms with Crippen LogP contribution in [-0.4, -0.2) is 20.7 Å². The quantitative estimate of drug-likeness (QED) is 0.386. The molecule has 11 heteroatoms. The molecule has 4 aromatic rings. The Hall–Kier alpha value is -4.54. The lowest BCUT2D eigenvalue weighted by Gasteiger charge is -2.13. The second-order valence-corrected chi connectivity index (χ2v) is 7.71. The van der Waals surface area contributed by atoms with Crippen molar-refractivity contribution in [1.82, 2.24) is 20.1 Å². The van der Waals surface area contributed by atoms with Crippen LogP contribution in [0.25, 0.3) is 5.69 Å². The van der Waals surface area contributed by atoms with Crippen molar-refractivity contribution in [1.29, 1.82) is 0 Å². The van der Waals surface area contributed by atoms with E-state index in [1.807, 2.05) is 0 Å². The van der Waals surface area contributed by atoms with E-state index in [4.69, 9.17) is 4.74 Å². The molecule has 0 unspecified atom stereocenters. The number of pyridine rings is 1. The first-order valence-electron chi connectivity index (χ1n) is 10.6. The number of carbonyl (C=O) groups is 1. The normalized spacial score (nSPS) is 11.2. The van der Waals surface area contributed by atoms with E-state index in [1.165, 1.54) is 49.5 Å². The van der Waals surface area contributed by atoms with Gasteiger partial charge >= 0.3 is 6.18 Å². The van der Waals surface area contributed by atoms with Crippen molar-refractivity contribution < 1.29 is 27.1 Å². The Morgan fingerprint density at radius 3 is 2.53 bits per heavy atom. The second-order valence-electron chi connectivity index (χ2n) is 7.71. The van der Waals surface area contributed by atoms with Gasteiger partial charge in [-0.3, -0.25) is 9.59 Å². The molecular formula is C25H18F4N4O3. The molecule has 0 atom stereocenters. The highest BCUT2D eigenvalue weighted by Crippen LogP contribution is 2.30. The fourth-order valence-corrected chi connectivity index (χ4v) is 3.27. The summed E-state index contributed by atoms with van der Waals surface area (Å²) in [6.45, 7) is 1.49. The summed E-state index contributed by atoms with van der Waals surface area (Å²) >= 11 is 0. The molecule has 0 saturated heterocycles. The highest BCUT2D eigenvalue weighted by molar-refractivity contribution is 5.92. The molecule has 0 aliphatic carbocycles. The van der Waals surface area contributed by atoms with Crippen molar-refractivity contribution in [2.24, 2.45) is 0 Å². The van der Waals surface area contributed by atoms with E-state index in [0.717, 1.165) is 22.9 Å². The lowest BCUT2D eigenvalue weighted by Crippen LogP contribution is -2.31. The summed E-state index contributed by atoms with van der Waals surface area (Å²) in [5.74, 6) is -0.782. The van der Waals surface area contributed by atoms with Gasteiger partial charge in [-0.15, -0.1) is 0 Å². The molecule has 36 heavy (non-hydrogen) atoms. The van der Waals surface area contributed by atoms with Crippen LogP contribution in [0.15, 0.2) is 77.7 Å². The number of amides is 1. The standard InChI is InChI=1S/C25H18F4N4O3/c1-15-10-21(34)23(32-33(15)19-6-2-4-17(11-19)25(27,28)29)24(35)31-14-16-8-9-22(30-13-16)36-20-7-3-5-18(26)12-20/h2-13H,14H2,1H3,(H,31,35). The molecular weight excluding hydrogens is 480 g/mol. The van der Waals surface area contributed by atoms with Crippen LogP contribution in [0.2, 0.25) is 0 Å². The van der Waals surface area contributed by atoms with Gasteiger partial charge in [-0.1, -0.05) is 18.2 Å². The van der Waals surface area contributed by atoms with Crippen molar-refractivity contribution in [3.05, 3.63) is 111 Å². The second kappa shape index (κ2) is 9.98. The fourth-order valence-electron chi connectivity index (χ4n) is 3.27. The first kappa shape index (κ1) is 24.6. The maximum Gasteiger partial charge on any atom is 0.416 e. The van der Waals surface area contributed by atoms with Gasteiger partial charge in [0.15, 0.2) is 5.69 Å². The third-order valence-electron chi connectivity index (χ3n) is 5.01. The summed E-state index contributed by atoms with van der Waals surface area (Å²) in [7, 11) is 0. The zero-order chi connectivity index (χ0) is 25.9. The summed E-state index contributed by atoms with van der Waals surface area (Å²) in [6.07, 6.45) is -3.13. The third-order valence-corrected chi connectivity index (χ3v) is 5.01. The first-order chi connectivity index (χ1) is 17.1. The predicted molar refractivity (Wildman–Crippen MR) is 121 cm³/mol. The monoisotopic (exact) mass is 498 g/mol. The van der Waals surface area contributed by atoms with Gasteiger partial charge in [0.1, 0.15) is 11.6 Å². The number of rotatable bonds is 6. The minimum atomic E-state index is -4.56. The lowest BCUT2D eigenvalue weighted by molar-refractivity contribution is -0.137. The number of ether oxygens (including phenoxy) is 1. The maximum atomic E-state index is 13.3. The predicted octanol–water partition coefficient (Wildman–Crippen LogP) is 4.82. The maximum absolute atomic E-state index is 13.3. The molecule has 1 N–H and O–H groups in total. The molecule has 1 amide bonds. The summed E-state index contributed by atoms with van der Waals surface area (Å²) in [5.41, 5.74) is -1.16. The fraction of sp³-hybridized carbons (Fsp3) is 0.120. The van der Waals surface area contributed by atoms with Gasteiger partial charge < -0.3 is 10.1 Å². The van der Waals surface area contributed by atoms with Gasteiger partial charge in [0.2, 0.25) is 11.3 Å². The summed E-state index contributed by atoms with van der Waals surface area (Å²) in [5, 5.41) is 6.55. The lowest BCUT2D eigenvalue weighted by atomic mass is 10.2.